The van der Waals surface area contributed by atoms with Gasteiger partial charge in [0.05, 0.1) is 23.9 Å². The number of hydrogen-bond acceptors (Lipinski definition) is 7. The van der Waals surface area contributed by atoms with Crippen LogP contribution >= 0.6 is 0 Å². The molecule has 186 valence electrons. The van der Waals surface area contributed by atoms with Crippen LogP contribution in [-0.2, 0) is 4.79 Å². The van der Waals surface area contributed by atoms with Crippen LogP contribution in [0.15, 0.2) is 71.7 Å². The molecule has 10 nitrogen and oxygen atoms in total. The molecule has 1 fully saturated rings. The second-order valence-electron chi connectivity index (χ2n) is 8.74. The van der Waals surface area contributed by atoms with Crippen LogP contribution in [0.1, 0.15) is 18.9 Å². The van der Waals surface area contributed by atoms with E-state index in [4.69, 9.17) is 10.5 Å². The van der Waals surface area contributed by atoms with Crippen molar-refractivity contribution >= 4 is 22.8 Å². The number of benzene rings is 2. The van der Waals surface area contributed by atoms with E-state index >= 15 is 0 Å². The highest BCUT2D eigenvalue weighted by molar-refractivity contribution is 5.87. The van der Waals surface area contributed by atoms with Crippen LogP contribution in [0.5, 0.6) is 11.5 Å². The molecule has 3 heterocycles. The van der Waals surface area contributed by atoms with Crippen molar-refractivity contribution in [2.45, 2.75) is 25.0 Å². The number of carbonyl (C=O) groups excluding carboxylic acids is 1. The Morgan fingerprint density at radius 1 is 1.11 bits per heavy atom. The fourth-order valence-corrected chi connectivity index (χ4v) is 4.72. The molecule has 1 aliphatic rings. The van der Waals surface area contributed by atoms with E-state index in [1.807, 2.05) is 30.3 Å². The van der Waals surface area contributed by atoms with E-state index in [9.17, 15) is 19.8 Å². The minimum atomic E-state index is -1.47. The van der Waals surface area contributed by atoms with E-state index in [2.05, 4.69) is 4.98 Å². The molecule has 0 aliphatic carbocycles. The second kappa shape index (κ2) is 9.84. The minimum Gasteiger partial charge on any atom is -0.457 e. The lowest BCUT2D eigenvalue weighted by atomic mass is 10.0. The molecule has 2 atom stereocenters. The normalized spacial score (nSPS) is 16.7. The average Bonchev–Trinajstić information content (AvgIpc) is 3.22. The van der Waals surface area contributed by atoms with E-state index < -0.39 is 18.6 Å². The maximum atomic E-state index is 13.8. The van der Waals surface area contributed by atoms with E-state index in [1.54, 1.807) is 41.1 Å². The Labute approximate surface area is 206 Å². The highest BCUT2D eigenvalue weighted by Crippen LogP contribution is 2.29. The summed E-state index contributed by atoms with van der Waals surface area (Å²) < 4.78 is 9.03. The van der Waals surface area contributed by atoms with Gasteiger partial charge in [-0.2, -0.15) is 0 Å². The van der Waals surface area contributed by atoms with Crippen molar-refractivity contribution in [3.8, 4) is 17.2 Å². The third-order valence-corrected chi connectivity index (χ3v) is 6.42. The Morgan fingerprint density at radius 3 is 2.56 bits per heavy atom. The van der Waals surface area contributed by atoms with Gasteiger partial charge in [0.2, 0.25) is 0 Å². The Balaban J connectivity index is 1.53. The molecule has 10 heteroatoms. The van der Waals surface area contributed by atoms with Gasteiger partial charge >= 0.3 is 5.69 Å². The molecule has 2 aromatic heterocycles. The molecule has 1 amide bonds. The number of nitrogen functional groups attached to an aromatic ring is 1. The molecule has 0 bridgehead atoms. The van der Waals surface area contributed by atoms with Gasteiger partial charge in [0.15, 0.2) is 6.10 Å². The lowest BCUT2D eigenvalue weighted by molar-refractivity contribution is -0.143. The van der Waals surface area contributed by atoms with Crippen LogP contribution in [-0.4, -0.2) is 60.9 Å². The van der Waals surface area contributed by atoms with Crippen LogP contribution in [0, 0.1) is 0 Å². The van der Waals surface area contributed by atoms with Gasteiger partial charge in [-0.15, -0.1) is 0 Å². The van der Waals surface area contributed by atoms with Crippen molar-refractivity contribution < 1.29 is 19.7 Å². The van der Waals surface area contributed by atoms with Gasteiger partial charge in [-0.05, 0) is 55.3 Å². The highest BCUT2D eigenvalue weighted by Gasteiger charge is 2.31. The largest absolute Gasteiger partial charge is 0.457 e. The van der Waals surface area contributed by atoms with E-state index in [0.717, 1.165) is 0 Å². The number of likely N-dealkylation sites (tertiary alicyclic amines) is 1. The zero-order valence-electron chi connectivity index (χ0n) is 19.5. The minimum absolute atomic E-state index is 0.215. The summed E-state index contributed by atoms with van der Waals surface area (Å²) in [7, 11) is 0. The first-order valence-corrected chi connectivity index (χ1v) is 11.8. The number of para-hydroxylation sites is 1. The maximum Gasteiger partial charge on any atom is 0.334 e. The lowest BCUT2D eigenvalue weighted by Gasteiger charge is -2.34. The van der Waals surface area contributed by atoms with Crippen molar-refractivity contribution in [2.24, 2.45) is 0 Å². The first kappa shape index (κ1) is 23.6. The predicted molar refractivity (Wildman–Crippen MR) is 134 cm³/mol. The molecule has 0 spiro atoms. The molecule has 1 unspecified atom stereocenters. The quantitative estimate of drug-likeness (QED) is 0.377. The van der Waals surface area contributed by atoms with E-state index in [1.165, 1.54) is 9.47 Å². The number of piperidine rings is 1. The number of hydrogen-bond donors (Lipinski definition) is 3. The number of ether oxygens (including phenoxy) is 1. The highest BCUT2D eigenvalue weighted by atomic mass is 16.5. The number of imidazole rings is 1. The van der Waals surface area contributed by atoms with Gasteiger partial charge in [-0.3, -0.25) is 13.9 Å². The Kier molecular flexibility index (Phi) is 6.45. The molecule has 1 aliphatic heterocycles. The fraction of sp³-hybridized carbons (Fsp3) is 0.269. The zero-order valence-corrected chi connectivity index (χ0v) is 19.5. The van der Waals surface area contributed by atoms with Crippen LogP contribution < -0.4 is 16.2 Å². The number of anilines is 1. The third kappa shape index (κ3) is 4.32. The smallest absolute Gasteiger partial charge is 0.334 e. The summed E-state index contributed by atoms with van der Waals surface area (Å²) in [5.41, 5.74) is 7.63. The van der Waals surface area contributed by atoms with Gasteiger partial charge in [0.1, 0.15) is 22.8 Å². The first-order chi connectivity index (χ1) is 17.5. The summed E-state index contributed by atoms with van der Waals surface area (Å²) in [4.78, 5) is 32.0. The number of pyridine rings is 1. The molecule has 4 N–H and O–H groups in total. The van der Waals surface area contributed by atoms with Gasteiger partial charge in [-0.1, -0.05) is 18.2 Å². The first-order valence-electron chi connectivity index (χ1n) is 11.8. The Bertz CT molecular complexity index is 1430. The molecule has 4 aromatic rings. The van der Waals surface area contributed by atoms with Crippen molar-refractivity contribution in [2.75, 3.05) is 25.4 Å². The molecular weight excluding hydrogens is 462 g/mol. The summed E-state index contributed by atoms with van der Waals surface area (Å²) in [6.07, 6.45) is 1.40. The zero-order chi connectivity index (χ0) is 25.2. The second-order valence-corrected chi connectivity index (χ2v) is 8.74. The lowest BCUT2D eigenvalue weighted by Crippen LogP contribution is -2.47. The van der Waals surface area contributed by atoms with Crippen molar-refractivity contribution in [1.82, 2.24) is 19.0 Å². The summed E-state index contributed by atoms with van der Waals surface area (Å²) >= 11 is 0. The average molecular weight is 490 g/mol. The van der Waals surface area contributed by atoms with Gasteiger partial charge in [0.25, 0.3) is 5.91 Å². The number of nitrogens with zero attached hydrogens (tertiary/aromatic N) is 4. The number of nitrogens with two attached hydrogens (primary N) is 1. The van der Waals surface area contributed by atoms with Crippen molar-refractivity contribution in [1.29, 1.82) is 0 Å². The van der Waals surface area contributed by atoms with Crippen LogP contribution in [0.25, 0.3) is 16.7 Å². The van der Waals surface area contributed by atoms with E-state index in [-0.39, 0.29) is 24.1 Å². The summed E-state index contributed by atoms with van der Waals surface area (Å²) in [5, 5.41) is 19.0. The number of aliphatic hydroxyl groups is 2. The molecule has 2 aromatic carbocycles. The molecular formula is C26H27N5O5. The van der Waals surface area contributed by atoms with Crippen LogP contribution in [0.4, 0.5) is 5.82 Å². The van der Waals surface area contributed by atoms with Gasteiger partial charge < -0.3 is 25.6 Å². The van der Waals surface area contributed by atoms with Crippen LogP contribution in [0.2, 0.25) is 0 Å². The number of fused-ring (bicyclic) bond motifs is 1. The molecule has 0 saturated carbocycles. The fourth-order valence-electron chi connectivity index (χ4n) is 4.72. The maximum absolute atomic E-state index is 13.8. The molecule has 36 heavy (non-hydrogen) atoms. The topological polar surface area (TPSA) is 136 Å². The van der Waals surface area contributed by atoms with Crippen LogP contribution in [0.3, 0.4) is 0 Å². The summed E-state index contributed by atoms with van der Waals surface area (Å²) in [6.45, 7) is 0.0405. The standard InChI is InChI=1S/C26H27N5O5/c27-24-23-21(12-13-28-24)30(18-5-4-14-29(15-18)25(34)22(33)16-32)26(35)31(23)17-8-10-20(11-9-17)36-19-6-2-1-3-7-19/h1-3,6-13,18,22,32-33H,4-5,14-16H2,(H2,27,28)/t18-,22?/m0/s1. The third-order valence-electron chi connectivity index (χ3n) is 6.42. The number of amides is 1. The predicted octanol–water partition coefficient (Wildman–Crippen LogP) is 2.08. The number of rotatable bonds is 6. The van der Waals surface area contributed by atoms with Gasteiger partial charge in [0, 0.05) is 19.3 Å². The summed E-state index contributed by atoms with van der Waals surface area (Å²) in [5.74, 6) is 0.994. The molecule has 1 saturated heterocycles. The molecule has 0 radical (unpaired) electrons. The van der Waals surface area contributed by atoms with E-state index in [0.29, 0.717) is 47.6 Å². The van der Waals surface area contributed by atoms with Crippen molar-refractivity contribution in [3.05, 3.63) is 77.3 Å². The number of aliphatic hydroxyl groups excluding tert-OH is 2. The molecule has 5 rings (SSSR count). The van der Waals surface area contributed by atoms with Crippen molar-refractivity contribution in [3.63, 3.8) is 0 Å². The number of carbonyl (C=O) groups is 1. The monoisotopic (exact) mass is 489 g/mol. The summed E-state index contributed by atoms with van der Waals surface area (Å²) in [6, 6.07) is 17.9. The Morgan fingerprint density at radius 2 is 1.83 bits per heavy atom. The Hall–Kier alpha value is -4.15. The van der Waals surface area contributed by atoms with Gasteiger partial charge in [-0.25, -0.2) is 9.78 Å². The number of aromatic nitrogens is 3. The SMILES string of the molecule is Nc1nccc2c1n(-c1ccc(Oc3ccccc3)cc1)c(=O)n2[C@H]1CCCN(C(=O)C(O)CO)C1.